The van der Waals surface area contributed by atoms with Crippen LogP contribution in [0.1, 0.15) is 24.2 Å². The van der Waals surface area contributed by atoms with Crippen LogP contribution in [0.2, 0.25) is 5.28 Å². The molecule has 1 heterocycles. The Bertz CT molecular complexity index is 398. The van der Waals surface area contributed by atoms with Gasteiger partial charge in [0.1, 0.15) is 11.4 Å². The average Bonchev–Trinajstić information content (AvgIpc) is 2.26. The van der Waals surface area contributed by atoms with Gasteiger partial charge in [0, 0.05) is 12.7 Å². The summed E-state index contributed by atoms with van der Waals surface area (Å²) in [4.78, 5) is 19.2. The van der Waals surface area contributed by atoms with Crippen molar-refractivity contribution in [2.75, 3.05) is 18.5 Å². The Hall–Kier alpha value is -1.40. The maximum atomic E-state index is 11.6. The summed E-state index contributed by atoms with van der Waals surface area (Å²) in [5.41, 5.74) is 0.192. The number of aromatic nitrogens is 2. The van der Waals surface area contributed by atoms with Crippen LogP contribution in [0, 0.1) is 0 Å². The largest absolute Gasteiger partial charge is 0.462 e. The van der Waals surface area contributed by atoms with Crippen molar-refractivity contribution in [1.82, 2.24) is 9.97 Å². The first-order valence-electron chi connectivity index (χ1n) is 5.16. The molecule has 0 fully saturated rings. The van der Waals surface area contributed by atoms with Gasteiger partial charge in [-0.15, -0.1) is 0 Å². The van der Waals surface area contributed by atoms with Gasteiger partial charge in [-0.3, -0.25) is 0 Å². The molecule has 1 rings (SSSR count). The molecule has 0 spiro atoms. The number of rotatable bonds is 5. The summed E-state index contributed by atoms with van der Waals surface area (Å²) >= 11 is 5.64. The van der Waals surface area contributed by atoms with Gasteiger partial charge in [0.25, 0.3) is 0 Å². The molecule has 7 heteroatoms. The molecule has 0 bridgehead atoms. The van der Waals surface area contributed by atoms with E-state index < -0.39 is 12.1 Å². The number of carbonyl (C=O) groups excluding carboxylic acids is 1. The van der Waals surface area contributed by atoms with Gasteiger partial charge in [0.15, 0.2) is 0 Å². The zero-order valence-electron chi connectivity index (χ0n) is 9.61. The summed E-state index contributed by atoms with van der Waals surface area (Å²) in [6.07, 6.45) is 0.719. The first-order chi connectivity index (χ1) is 8.04. The number of aliphatic hydroxyl groups is 1. The van der Waals surface area contributed by atoms with Crippen LogP contribution in [0.25, 0.3) is 0 Å². The number of nitrogens with one attached hydrogen (secondary N) is 1. The lowest BCUT2D eigenvalue weighted by Crippen LogP contribution is -2.19. The molecule has 1 unspecified atom stereocenters. The van der Waals surface area contributed by atoms with Crippen LogP contribution >= 0.6 is 11.6 Å². The summed E-state index contributed by atoms with van der Waals surface area (Å²) in [6, 6.07) is 0. The monoisotopic (exact) mass is 259 g/mol. The molecule has 1 aromatic heterocycles. The van der Waals surface area contributed by atoms with Crippen molar-refractivity contribution in [2.45, 2.75) is 20.0 Å². The van der Waals surface area contributed by atoms with E-state index in [4.69, 9.17) is 21.4 Å². The summed E-state index contributed by atoms with van der Waals surface area (Å²) < 4.78 is 4.85. The van der Waals surface area contributed by atoms with E-state index in [1.807, 2.05) is 0 Å². The molecule has 0 saturated carbocycles. The minimum Gasteiger partial charge on any atom is -0.462 e. The Morgan fingerprint density at radius 1 is 1.71 bits per heavy atom. The Kier molecular flexibility index (Phi) is 5.11. The van der Waals surface area contributed by atoms with Crippen molar-refractivity contribution >= 4 is 23.4 Å². The van der Waals surface area contributed by atoms with Gasteiger partial charge in [0.2, 0.25) is 5.28 Å². The maximum absolute atomic E-state index is 11.6. The normalized spacial score (nSPS) is 12.0. The molecular weight excluding hydrogens is 246 g/mol. The van der Waals surface area contributed by atoms with Crippen LogP contribution in [-0.2, 0) is 4.74 Å². The maximum Gasteiger partial charge on any atom is 0.343 e. The second-order valence-corrected chi connectivity index (χ2v) is 3.69. The van der Waals surface area contributed by atoms with Crippen molar-refractivity contribution in [3.05, 3.63) is 17.0 Å². The van der Waals surface area contributed by atoms with Crippen LogP contribution in [-0.4, -0.2) is 40.3 Å². The van der Waals surface area contributed by atoms with Gasteiger partial charge in [0.05, 0.1) is 12.7 Å². The quantitative estimate of drug-likeness (QED) is 0.608. The smallest absolute Gasteiger partial charge is 0.343 e. The molecule has 0 aromatic carbocycles. The first-order valence-corrected chi connectivity index (χ1v) is 5.54. The number of nitrogens with zero attached hydrogens (tertiary/aromatic N) is 2. The molecule has 0 aliphatic heterocycles. The lowest BCUT2D eigenvalue weighted by Gasteiger charge is -2.11. The second-order valence-electron chi connectivity index (χ2n) is 3.35. The molecular formula is C10H14ClN3O3. The van der Waals surface area contributed by atoms with Gasteiger partial charge >= 0.3 is 5.97 Å². The molecule has 2 N–H and O–H groups in total. The number of hydrogen-bond donors (Lipinski definition) is 2. The van der Waals surface area contributed by atoms with E-state index in [0.717, 1.165) is 0 Å². The van der Waals surface area contributed by atoms with Gasteiger partial charge in [-0.05, 0) is 25.4 Å². The van der Waals surface area contributed by atoms with Crippen molar-refractivity contribution in [3.63, 3.8) is 0 Å². The average molecular weight is 260 g/mol. The van der Waals surface area contributed by atoms with Crippen LogP contribution < -0.4 is 5.32 Å². The zero-order valence-corrected chi connectivity index (χ0v) is 10.4. The van der Waals surface area contributed by atoms with E-state index in [0.29, 0.717) is 0 Å². The van der Waals surface area contributed by atoms with E-state index in [1.165, 1.54) is 6.20 Å². The highest BCUT2D eigenvalue weighted by molar-refractivity contribution is 6.28. The molecule has 6 nitrogen and oxygen atoms in total. The fraction of sp³-hybridized carbons (Fsp3) is 0.500. The molecule has 0 aliphatic carbocycles. The molecule has 94 valence electrons. The summed E-state index contributed by atoms with van der Waals surface area (Å²) in [7, 11) is 0. The highest BCUT2D eigenvalue weighted by atomic mass is 35.5. The van der Waals surface area contributed by atoms with Crippen LogP contribution in [0.3, 0.4) is 0 Å². The molecule has 0 aliphatic rings. The summed E-state index contributed by atoms with van der Waals surface area (Å²) in [6.45, 7) is 3.83. The SMILES string of the molecule is CCOC(=O)c1cnc(Cl)nc1NCC(C)O. The van der Waals surface area contributed by atoms with Crippen LogP contribution in [0.15, 0.2) is 6.20 Å². The van der Waals surface area contributed by atoms with E-state index in [9.17, 15) is 4.79 Å². The number of halogens is 1. The Morgan fingerprint density at radius 3 is 3.00 bits per heavy atom. The molecule has 1 aromatic rings. The summed E-state index contributed by atoms with van der Waals surface area (Å²) in [5, 5.41) is 12.0. The van der Waals surface area contributed by atoms with E-state index in [2.05, 4.69) is 15.3 Å². The van der Waals surface area contributed by atoms with Gasteiger partial charge < -0.3 is 15.2 Å². The topological polar surface area (TPSA) is 84.3 Å². The standard InChI is InChI=1S/C10H14ClN3O3/c1-3-17-9(16)7-5-13-10(11)14-8(7)12-4-6(2)15/h5-6,15H,3-4H2,1-2H3,(H,12,13,14). The van der Waals surface area contributed by atoms with E-state index >= 15 is 0 Å². The van der Waals surface area contributed by atoms with Gasteiger partial charge in [-0.1, -0.05) is 0 Å². The molecule has 17 heavy (non-hydrogen) atoms. The number of ether oxygens (including phenoxy) is 1. The van der Waals surface area contributed by atoms with Crippen molar-refractivity contribution in [1.29, 1.82) is 0 Å². The Labute approximate surface area is 104 Å². The summed E-state index contributed by atoms with van der Waals surface area (Å²) in [5.74, 6) is -0.276. The second kappa shape index (κ2) is 6.36. The third kappa shape index (κ3) is 4.16. The number of hydrogen-bond acceptors (Lipinski definition) is 6. The number of carbonyl (C=O) groups is 1. The van der Waals surface area contributed by atoms with Crippen molar-refractivity contribution in [2.24, 2.45) is 0 Å². The third-order valence-corrected chi connectivity index (χ3v) is 2.00. The highest BCUT2D eigenvalue weighted by Crippen LogP contribution is 2.15. The molecule has 1 atom stereocenters. The number of aliphatic hydroxyl groups excluding tert-OH is 1. The fourth-order valence-electron chi connectivity index (χ4n) is 1.10. The number of esters is 1. The third-order valence-electron chi connectivity index (χ3n) is 1.82. The Balaban J connectivity index is 2.91. The molecule has 0 amide bonds. The predicted octanol–water partition coefficient (Wildman–Crippen LogP) is 1.10. The van der Waals surface area contributed by atoms with E-state index in [1.54, 1.807) is 13.8 Å². The van der Waals surface area contributed by atoms with Gasteiger partial charge in [-0.2, -0.15) is 4.98 Å². The van der Waals surface area contributed by atoms with Crippen molar-refractivity contribution < 1.29 is 14.6 Å². The lowest BCUT2D eigenvalue weighted by molar-refractivity contribution is 0.0526. The minimum absolute atomic E-state index is 0.0196. The number of anilines is 1. The zero-order chi connectivity index (χ0) is 12.8. The predicted molar refractivity (Wildman–Crippen MR) is 63.2 cm³/mol. The fourth-order valence-corrected chi connectivity index (χ4v) is 1.23. The van der Waals surface area contributed by atoms with Crippen LogP contribution in [0.5, 0.6) is 0 Å². The molecule has 0 saturated heterocycles. The molecule has 0 radical (unpaired) electrons. The first kappa shape index (κ1) is 13.7. The lowest BCUT2D eigenvalue weighted by atomic mass is 10.3. The minimum atomic E-state index is -0.571. The Morgan fingerprint density at radius 2 is 2.41 bits per heavy atom. The van der Waals surface area contributed by atoms with Crippen molar-refractivity contribution in [3.8, 4) is 0 Å². The van der Waals surface area contributed by atoms with E-state index in [-0.39, 0.29) is 29.8 Å². The van der Waals surface area contributed by atoms with Crippen LogP contribution in [0.4, 0.5) is 5.82 Å². The highest BCUT2D eigenvalue weighted by Gasteiger charge is 2.15. The van der Waals surface area contributed by atoms with Gasteiger partial charge in [-0.25, -0.2) is 9.78 Å².